The third kappa shape index (κ3) is 3.15. The maximum Gasteiger partial charge on any atom is 0.293 e. The maximum absolute atomic E-state index is 13.1. The van der Waals surface area contributed by atoms with Crippen LogP contribution >= 0.6 is 23.4 Å². The molecule has 0 aromatic heterocycles. The van der Waals surface area contributed by atoms with E-state index in [1.165, 1.54) is 12.1 Å². The van der Waals surface area contributed by atoms with E-state index < -0.39 is 17.0 Å². The van der Waals surface area contributed by atoms with Gasteiger partial charge in [-0.2, -0.15) is 0 Å². The Balaban J connectivity index is 1.57. The molecule has 2 aliphatic heterocycles. The lowest BCUT2D eigenvalue weighted by Crippen LogP contribution is -2.27. The van der Waals surface area contributed by atoms with Crippen molar-refractivity contribution in [3.8, 4) is 11.5 Å². The van der Waals surface area contributed by atoms with E-state index >= 15 is 0 Å². The number of thioether (sulfide) groups is 1. The molecule has 26 heavy (non-hydrogen) atoms. The highest BCUT2D eigenvalue weighted by Gasteiger charge is 2.35. The van der Waals surface area contributed by atoms with Gasteiger partial charge in [0, 0.05) is 5.02 Å². The minimum Gasteiger partial charge on any atom is -0.454 e. The number of amides is 2. The molecule has 2 aromatic carbocycles. The van der Waals surface area contributed by atoms with Crippen molar-refractivity contribution in [2.75, 3.05) is 6.79 Å². The van der Waals surface area contributed by atoms with Gasteiger partial charge in [-0.15, -0.1) is 0 Å². The maximum atomic E-state index is 13.1. The highest BCUT2D eigenvalue weighted by atomic mass is 35.5. The second-order valence-electron chi connectivity index (χ2n) is 5.62. The Bertz CT molecular complexity index is 962. The lowest BCUT2D eigenvalue weighted by Gasteiger charge is -2.13. The number of halogens is 2. The van der Waals surface area contributed by atoms with Gasteiger partial charge in [0.25, 0.3) is 11.1 Å². The van der Waals surface area contributed by atoms with E-state index in [1.807, 2.05) is 0 Å². The average Bonchev–Trinajstić information content (AvgIpc) is 3.16. The summed E-state index contributed by atoms with van der Waals surface area (Å²) >= 11 is 6.83. The Morgan fingerprint density at radius 2 is 1.96 bits per heavy atom. The van der Waals surface area contributed by atoms with E-state index in [4.69, 9.17) is 21.1 Å². The van der Waals surface area contributed by atoms with Gasteiger partial charge in [-0.05, 0) is 53.2 Å². The SMILES string of the molecule is O=C1SC(=Cc2ccc3c(c2)OCO3)C(=O)N1Cc1ccc(F)cc1Cl. The molecule has 0 saturated carbocycles. The lowest BCUT2D eigenvalue weighted by molar-refractivity contribution is -0.123. The zero-order valence-corrected chi connectivity index (χ0v) is 14.8. The molecule has 0 spiro atoms. The summed E-state index contributed by atoms with van der Waals surface area (Å²) in [6.07, 6.45) is 1.62. The van der Waals surface area contributed by atoms with Crippen molar-refractivity contribution in [3.63, 3.8) is 0 Å². The van der Waals surface area contributed by atoms with Crippen LogP contribution in [0, 0.1) is 5.82 Å². The zero-order chi connectivity index (χ0) is 18.3. The standard InChI is InChI=1S/C18H11ClFNO4S/c19-13-7-12(20)3-2-11(13)8-21-17(22)16(26-18(21)23)6-10-1-4-14-15(5-10)25-9-24-14/h1-7H,8-9H2. The van der Waals surface area contributed by atoms with Gasteiger partial charge in [0.1, 0.15) is 5.82 Å². The molecule has 1 fully saturated rings. The molecule has 0 bridgehead atoms. The summed E-state index contributed by atoms with van der Waals surface area (Å²) in [5.41, 5.74) is 1.22. The van der Waals surface area contributed by atoms with Crippen LogP contribution in [0.2, 0.25) is 5.02 Å². The number of hydrogen-bond donors (Lipinski definition) is 0. The van der Waals surface area contributed by atoms with Gasteiger partial charge in [0.05, 0.1) is 11.4 Å². The average molecular weight is 392 g/mol. The van der Waals surface area contributed by atoms with Crippen molar-refractivity contribution < 1.29 is 23.5 Å². The summed E-state index contributed by atoms with van der Waals surface area (Å²) in [5.74, 6) is 0.339. The highest BCUT2D eigenvalue weighted by molar-refractivity contribution is 8.18. The molecule has 0 atom stereocenters. The van der Waals surface area contributed by atoms with Crippen LogP contribution in [0.5, 0.6) is 11.5 Å². The van der Waals surface area contributed by atoms with Gasteiger partial charge in [0.2, 0.25) is 6.79 Å². The Morgan fingerprint density at radius 3 is 2.77 bits per heavy atom. The van der Waals surface area contributed by atoms with E-state index in [0.717, 1.165) is 28.3 Å². The molecule has 2 amide bonds. The summed E-state index contributed by atoms with van der Waals surface area (Å²) in [5, 5.41) is -0.230. The second kappa shape index (κ2) is 6.66. The fourth-order valence-electron chi connectivity index (χ4n) is 2.61. The third-order valence-electron chi connectivity index (χ3n) is 3.91. The number of fused-ring (bicyclic) bond motifs is 1. The zero-order valence-electron chi connectivity index (χ0n) is 13.2. The number of hydrogen-bond acceptors (Lipinski definition) is 5. The number of imide groups is 1. The van der Waals surface area contributed by atoms with Crippen molar-refractivity contribution in [2.45, 2.75) is 6.54 Å². The Kier molecular flexibility index (Phi) is 4.34. The number of carbonyl (C=O) groups excluding carboxylic acids is 2. The predicted octanol–water partition coefficient (Wildman–Crippen LogP) is 4.44. The first kappa shape index (κ1) is 16.9. The predicted molar refractivity (Wildman–Crippen MR) is 95.5 cm³/mol. The van der Waals surface area contributed by atoms with E-state index in [9.17, 15) is 14.0 Å². The molecular weight excluding hydrogens is 381 g/mol. The molecule has 0 radical (unpaired) electrons. The van der Waals surface area contributed by atoms with E-state index in [-0.39, 0.29) is 18.4 Å². The van der Waals surface area contributed by atoms with E-state index in [1.54, 1.807) is 24.3 Å². The first-order chi connectivity index (χ1) is 12.5. The molecule has 8 heteroatoms. The minimum absolute atomic E-state index is 0.0116. The quantitative estimate of drug-likeness (QED) is 0.724. The molecule has 0 unspecified atom stereocenters. The molecule has 4 rings (SSSR count). The fourth-order valence-corrected chi connectivity index (χ4v) is 3.68. The smallest absolute Gasteiger partial charge is 0.293 e. The second-order valence-corrected chi connectivity index (χ2v) is 7.02. The van der Waals surface area contributed by atoms with Crippen molar-refractivity contribution in [2.24, 2.45) is 0 Å². The van der Waals surface area contributed by atoms with Crippen LogP contribution < -0.4 is 9.47 Å². The summed E-state index contributed by atoms with van der Waals surface area (Å²) in [4.78, 5) is 26.2. The normalized spacial score (nSPS) is 17.5. The third-order valence-corrected chi connectivity index (χ3v) is 5.17. The topological polar surface area (TPSA) is 55.8 Å². The molecule has 2 aliphatic rings. The molecule has 0 aliphatic carbocycles. The molecular formula is C18H11ClFNO4S. The summed E-state index contributed by atoms with van der Waals surface area (Å²) in [7, 11) is 0. The number of ether oxygens (including phenoxy) is 2. The minimum atomic E-state index is -0.476. The van der Waals surface area contributed by atoms with Crippen molar-refractivity contribution in [3.05, 3.63) is 63.3 Å². The van der Waals surface area contributed by atoms with E-state index in [0.29, 0.717) is 22.0 Å². The van der Waals surface area contributed by atoms with E-state index in [2.05, 4.69) is 0 Å². The Hall–Kier alpha value is -2.51. The lowest BCUT2D eigenvalue weighted by atomic mass is 10.1. The van der Waals surface area contributed by atoms with Crippen LogP contribution in [0.4, 0.5) is 9.18 Å². The van der Waals surface area contributed by atoms with Crippen LogP contribution in [0.3, 0.4) is 0 Å². The monoisotopic (exact) mass is 391 g/mol. The first-order valence-electron chi connectivity index (χ1n) is 7.60. The van der Waals surface area contributed by atoms with Gasteiger partial charge in [0.15, 0.2) is 11.5 Å². The molecule has 2 aromatic rings. The number of benzene rings is 2. The summed E-state index contributed by atoms with van der Waals surface area (Å²) in [6.45, 7) is 0.149. The van der Waals surface area contributed by atoms with Crippen molar-refractivity contribution in [1.82, 2.24) is 4.90 Å². The number of rotatable bonds is 3. The van der Waals surface area contributed by atoms with Crippen LogP contribution in [-0.2, 0) is 11.3 Å². The van der Waals surface area contributed by atoms with Gasteiger partial charge in [-0.25, -0.2) is 4.39 Å². The molecule has 132 valence electrons. The molecule has 2 heterocycles. The van der Waals surface area contributed by atoms with Gasteiger partial charge >= 0.3 is 0 Å². The van der Waals surface area contributed by atoms with Gasteiger partial charge < -0.3 is 9.47 Å². The van der Waals surface area contributed by atoms with Crippen molar-refractivity contribution in [1.29, 1.82) is 0 Å². The number of carbonyl (C=O) groups is 2. The number of nitrogens with zero attached hydrogens (tertiary/aromatic N) is 1. The van der Waals surface area contributed by atoms with Crippen LogP contribution in [-0.4, -0.2) is 22.8 Å². The fraction of sp³-hybridized carbons (Fsp3) is 0.111. The Morgan fingerprint density at radius 1 is 1.15 bits per heavy atom. The van der Waals surface area contributed by atoms with Gasteiger partial charge in [-0.3, -0.25) is 14.5 Å². The van der Waals surface area contributed by atoms with Crippen molar-refractivity contribution >= 4 is 40.6 Å². The van der Waals surface area contributed by atoms with Crippen LogP contribution in [0.15, 0.2) is 41.3 Å². The highest BCUT2D eigenvalue weighted by Crippen LogP contribution is 2.37. The molecule has 5 nitrogen and oxygen atoms in total. The van der Waals surface area contributed by atoms with Crippen LogP contribution in [0.25, 0.3) is 6.08 Å². The summed E-state index contributed by atoms with van der Waals surface area (Å²) in [6, 6.07) is 9.12. The van der Waals surface area contributed by atoms with Gasteiger partial charge in [-0.1, -0.05) is 23.7 Å². The molecule has 1 saturated heterocycles. The summed E-state index contributed by atoms with van der Waals surface area (Å²) < 4.78 is 23.7. The first-order valence-corrected chi connectivity index (χ1v) is 8.79. The van der Waals surface area contributed by atoms with Crippen LogP contribution in [0.1, 0.15) is 11.1 Å². The Labute approximate surface area is 157 Å². The molecule has 0 N–H and O–H groups in total. The largest absolute Gasteiger partial charge is 0.454 e.